The summed E-state index contributed by atoms with van der Waals surface area (Å²) in [5, 5.41) is 12.6. The Balaban J connectivity index is 2.92. The molecule has 0 bridgehead atoms. The number of esters is 1. The quantitative estimate of drug-likeness (QED) is 0.482. The number of benzene rings is 1. The third kappa shape index (κ3) is 4.42. The fourth-order valence-electron chi connectivity index (χ4n) is 1.33. The Kier molecular flexibility index (Phi) is 5.19. The Bertz CT molecular complexity index is 618. The first-order valence-corrected chi connectivity index (χ1v) is 5.85. The number of carbonyl (C=O) groups excluding carboxylic acids is 3. The molecule has 9 nitrogen and oxygen atoms in total. The van der Waals surface area contributed by atoms with Gasteiger partial charge in [0.2, 0.25) is 0 Å². The van der Waals surface area contributed by atoms with Gasteiger partial charge >= 0.3 is 12.0 Å². The highest BCUT2D eigenvalue weighted by Crippen LogP contribution is 2.24. The molecule has 0 aliphatic carbocycles. The average Bonchev–Trinajstić information content (AvgIpc) is 2.37. The maximum absolute atomic E-state index is 11.8. The van der Waals surface area contributed by atoms with Crippen molar-refractivity contribution >= 4 is 35.2 Å². The van der Waals surface area contributed by atoms with Crippen molar-refractivity contribution in [3.8, 4) is 0 Å². The molecule has 0 saturated carbocycles. The Labute approximate surface area is 123 Å². The number of nitrogens with zero attached hydrogens (tertiary/aromatic N) is 1. The number of rotatable bonds is 4. The topological polar surface area (TPSA) is 142 Å². The van der Waals surface area contributed by atoms with Gasteiger partial charge in [0.05, 0.1) is 4.92 Å². The molecule has 0 fully saturated rings. The molecule has 10 heteroatoms. The normalized spacial score (nSPS) is 11.3. The zero-order chi connectivity index (χ0) is 16.2. The lowest BCUT2D eigenvalue weighted by Gasteiger charge is -2.12. The van der Waals surface area contributed by atoms with Gasteiger partial charge < -0.3 is 10.5 Å². The van der Waals surface area contributed by atoms with Gasteiger partial charge in [0.25, 0.3) is 11.6 Å². The molecule has 1 atom stereocenters. The smallest absolute Gasteiger partial charge is 0.345 e. The summed E-state index contributed by atoms with van der Waals surface area (Å²) in [6.45, 7) is 1.18. The molecule has 1 aromatic carbocycles. The summed E-state index contributed by atoms with van der Waals surface area (Å²) >= 11 is 5.61. The number of nitrogens with one attached hydrogen (secondary N) is 1. The largest absolute Gasteiger partial charge is 0.449 e. The van der Waals surface area contributed by atoms with E-state index in [0.717, 1.165) is 12.1 Å². The van der Waals surface area contributed by atoms with Crippen molar-refractivity contribution in [1.29, 1.82) is 0 Å². The first-order chi connectivity index (χ1) is 9.72. The van der Waals surface area contributed by atoms with Gasteiger partial charge in [-0.15, -0.1) is 0 Å². The van der Waals surface area contributed by atoms with Crippen molar-refractivity contribution in [2.24, 2.45) is 5.73 Å². The van der Waals surface area contributed by atoms with Crippen LogP contribution in [-0.2, 0) is 9.53 Å². The summed E-state index contributed by atoms with van der Waals surface area (Å²) < 4.78 is 4.72. The van der Waals surface area contributed by atoms with E-state index in [0.29, 0.717) is 0 Å². The summed E-state index contributed by atoms with van der Waals surface area (Å²) in [5.41, 5.74) is 3.81. The number of carbonyl (C=O) groups is 3. The minimum absolute atomic E-state index is 0.0674. The van der Waals surface area contributed by atoms with Gasteiger partial charge in [-0.3, -0.25) is 20.2 Å². The first kappa shape index (κ1) is 16.4. The monoisotopic (exact) mass is 315 g/mol. The Morgan fingerprint density at radius 1 is 1.43 bits per heavy atom. The highest BCUT2D eigenvalue weighted by molar-refractivity contribution is 6.31. The Hall–Kier alpha value is -2.68. The number of halogens is 1. The van der Waals surface area contributed by atoms with Crippen LogP contribution in [0.25, 0.3) is 0 Å². The number of hydrogen-bond acceptors (Lipinski definition) is 6. The molecule has 3 amide bonds. The fourth-order valence-corrected chi connectivity index (χ4v) is 1.50. The van der Waals surface area contributed by atoms with Crippen LogP contribution in [0.5, 0.6) is 0 Å². The van der Waals surface area contributed by atoms with Crippen LogP contribution in [0.15, 0.2) is 18.2 Å². The molecule has 0 heterocycles. The molecule has 0 aliphatic heterocycles. The number of primary amides is 1. The number of ether oxygens (including phenoxy) is 1. The molecule has 1 aromatic rings. The molecule has 21 heavy (non-hydrogen) atoms. The number of nitro benzene ring substituents is 1. The van der Waals surface area contributed by atoms with Crippen molar-refractivity contribution in [1.82, 2.24) is 5.32 Å². The first-order valence-electron chi connectivity index (χ1n) is 5.47. The fraction of sp³-hybridized carbons (Fsp3) is 0.182. The van der Waals surface area contributed by atoms with Gasteiger partial charge in [0.1, 0.15) is 5.56 Å². The summed E-state index contributed by atoms with van der Waals surface area (Å²) in [6, 6.07) is 2.23. The maximum Gasteiger partial charge on any atom is 0.345 e. The number of nitro groups is 1. The Morgan fingerprint density at radius 3 is 2.57 bits per heavy atom. The zero-order valence-corrected chi connectivity index (χ0v) is 11.4. The van der Waals surface area contributed by atoms with Crippen molar-refractivity contribution < 1.29 is 24.0 Å². The minimum atomic E-state index is -1.36. The molecule has 0 saturated heterocycles. The van der Waals surface area contributed by atoms with Crippen LogP contribution in [-0.4, -0.2) is 28.9 Å². The Morgan fingerprint density at radius 2 is 2.05 bits per heavy atom. The van der Waals surface area contributed by atoms with Crippen molar-refractivity contribution in [2.75, 3.05) is 0 Å². The maximum atomic E-state index is 11.8. The predicted molar refractivity (Wildman–Crippen MR) is 70.7 cm³/mol. The highest BCUT2D eigenvalue weighted by Gasteiger charge is 2.26. The van der Waals surface area contributed by atoms with E-state index < -0.39 is 34.6 Å². The van der Waals surface area contributed by atoms with Gasteiger partial charge in [-0.25, -0.2) is 9.59 Å². The van der Waals surface area contributed by atoms with Crippen LogP contribution in [0.4, 0.5) is 10.5 Å². The van der Waals surface area contributed by atoms with E-state index in [-0.39, 0.29) is 10.6 Å². The highest BCUT2D eigenvalue weighted by atomic mass is 35.5. The van der Waals surface area contributed by atoms with Crippen molar-refractivity contribution in [3.63, 3.8) is 0 Å². The van der Waals surface area contributed by atoms with E-state index in [9.17, 15) is 24.5 Å². The lowest BCUT2D eigenvalue weighted by Crippen LogP contribution is -2.42. The van der Waals surface area contributed by atoms with Crippen LogP contribution in [0.2, 0.25) is 5.02 Å². The molecule has 3 N–H and O–H groups in total. The van der Waals surface area contributed by atoms with Gasteiger partial charge in [0.15, 0.2) is 6.10 Å². The molecule has 0 aliphatic rings. The van der Waals surface area contributed by atoms with E-state index in [1.54, 1.807) is 5.32 Å². The zero-order valence-electron chi connectivity index (χ0n) is 10.7. The molecular weight excluding hydrogens is 306 g/mol. The number of imide groups is 1. The molecule has 1 rings (SSSR count). The number of urea groups is 1. The second-order valence-corrected chi connectivity index (χ2v) is 4.26. The van der Waals surface area contributed by atoms with E-state index in [4.69, 9.17) is 22.1 Å². The predicted octanol–water partition coefficient (Wildman–Crippen LogP) is 0.988. The summed E-state index contributed by atoms with van der Waals surface area (Å²) in [6.07, 6.45) is -1.36. The van der Waals surface area contributed by atoms with Crippen LogP contribution in [0, 0.1) is 10.1 Å². The second-order valence-electron chi connectivity index (χ2n) is 3.82. The molecule has 0 radical (unpaired) electrons. The second kappa shape index (κ2) is 6.66. The van der Waals surface area contributed by atoms with Gasteiger partial charge in [-0.1, -0.05) is 11.6 Å². The summed E-state index contributed by atoms with van der Waals surface area (Å²) in [5.74, 6) is -2.06. The molecule has 0 spiro atoms. The molecule has 0 aromatic heterocycles. The van der Waals surface area contributed by atoms with Crippen LogP contribution >= 0.6 is 11.6 Å². The molecule has 112 valence electrons. The summed E-state index contributed by atoms with van der Waals surface area (Å²) in [4.78, 5) is 43.7. The minimum Gasteiger partial charge on any atom is -0.449 e. The third-order valence-corrected chi connectivity index (χ3v) is 2.51. The lowest BCUT2D eigenvalue weighted by atomic mass is 10.2. The standard InChI is InChI=1S/C11H10ClN3O6/c1-5(9(16)14-11(13)18)21-10(17)7-3-2-6(12)4-8(7)15(19)20/h2-5H,1H3,(H3,13,14,16,18). The van der Waals surface area contributed by atoms with E-state index in [1.165, 1.54) is 13.0 Å². The van der Waals surface area contributed by atoms with E-state index in [1.807, 2.05) is 0 Å². The van der Waals surface area contributed by atoms with Crippen molar-refractivity contribution in [3.05, 3.63) is 38.9 Å². The van der Waals surface area contributed by atoms with E-state index >= 15 is 0 Å². The SMILES string of the molecule is CC(OC(=O)c1ccc(Cl)cc1[N+](=O)[O-])C(=O)NC(N)=O. The average molecular weight is 316 g/mol. The van der Waals surface area contributed by atoms with Gasteiger partial charge in [0, 0.05) is 11.1 Å². The lowest BCUT2D eigenvalue weighted by molar-refractivity contribution is -0.385. The molecular formula is C11H10ClN3O6. The van der Waals surface area contributed by atoms with Crippen molar-refractivity contribution in [2.45, 2.75) is 13.0 Å². The number of amides is 3. The van der Waals surface area contributed by atoms with Crippen LogP contribution < -0.4 is 11.1 Å². The van der Waals surface area contributed by atoms with Crippen LogP contribution in [0.1, 0.15) is 17.3 Å². The molecule has 1 unspecified atom stereocenters. The number of hydrogen-bond donors (Lipinski definition) is 2. The van der Waals surface area contributed by atoms with Gasteiger partial charge in [-0.2, -0.15) is 0 Å². The third-order valence-electron chi connectivity index (χ3n) is 2.28. The summed E-state index contributed by atoms with van der Waals surface area (Å²) in [7, 11) is 0. The van der Waals surface area contributed by atoms with E-state index in [2.05, 4.69) is 0 Å². The van der Waals surface area contributed by atoms with Crippen LogP contribution in [0.3, 0.4) is 0 Å². The number of nitrogens with two attached hydrogens (primary N) is 1. The van der Waals surface area contributed by atoms with Gasteiger partial charge in [-0.05, 0) is 19.1 Å².